The monoisotopic (exact) mass is 382 g/mol. The summed E-state index contributed by atoms with van der Waals surface area (Å²) in [6.45, 7) is 2.78. The summed E-state index contributed by atoms with van der Waals surface area (Å²) in [5, 5.41) is 7.10. The van der Waals surface area contributed by atoms with Crippen molar-refractivity contribution in [2.75, 3.05) is 16.4 Å². The van der Waals surface area contributed by atoms with Gasteiger partial charge in [-0.3, -0.25) is 4.79 Å². The van der Waals surface area contributed by atoms with Gasteiger partial charge in [-0.25, -0.2) is 4.98 Å². The molecular formula is C24H22N4O. The Morgan fingerprint density at radius 2 is 1.76 bits per heavy atom. The van der Waals surface area contributed by atoms with Crippen LogP contribution in [-0.2, 0) is 6.54 Å². The van der Waals surface area contributed by atoms with E-state index in [1.165, 1.54) is 11.1 Å². The van der Waals surface area contributed by atoms with Crippen LogP contribution < -0.4 is 16.4 Å². The molecule has 0 fully saturated rings. The van der Waals surface area contributed by atoms with Crippen LogP contribution in [-0.4, -0.2) is 10.9 Å². The number of carbonyl (C=O) groups is 1. The van der Waals surface area contributed by atoms with E-state index in [4.69, 9.17) is 5.73 Å². The first-order valence-corrected chi connectivity index (χ1v) is 9.44. The van der Waals surface area contributed by atoms with E-state index < -0.39 is 0 Å². The van der Waals surface area contributed by atoms with E-state index in [1.807, 2.05) is 36.4 Å². The molecule has 0 aliphatic carbocycles. The van der Waals surface area contributed by atoms with E-state index >= 15 is 0 Å². The van der Waals surface area contributed by atoms with Gasteiger partial charge in [-0.15, -0.1) is 0 Å². The summed E-state index contributed by atoms with van der Waals surface area (Å²) < 4.78 is 0. The van der Waals surface area contributed by atoms with Crippen molar-refractivity contribution in [2.24, 2.45) is 0 Å². The fourth-order valence-electron chi connectivity index (χ4n) is 3.07. The lowest BCUT2D eigenvalue weighted by molar-refractivity contribution is 0.102. The number of pyridine rings is 1. The van der Waals surface area contributed by atoms with E-state index in [1.54, 1.807) is 18.2 Å². The summed E-state index contributed by atoms with van der Waals surface area (Å²) in [5.74, 6) is 0.596. The summed E-state index contributed by atoms with van der Waals surface area (Å²) in [6, 6.07) is 25.0. The topological polar surface area (TPSA) is 80.0 Å². The Hall–Kier alpha value is -3.86. The average molecular weight is 382 g/mol. The van der Waals surface area contributed by atoms with Crippen molar-refractivity contribution < 1.29 is 4.79 Å². The third kappa shape index (κ3) is 4.35. The summed E-state index contributed by atoms with van der Waals surface area (Å²) >= 11 is 0. The number of nitrogens with two attached hydrogens (primary N) is 1. The third-order valence-electron chi connectivity index (χ3n) is 4.75. The largest absolute Gasteiger partial charge is 0.397 e. The van der Waals surface area contributed by atoms with Crippen molar-refractivity contribution in [2.45, 2.75) is 13.5 Å². The second-order valence-electron chi connectivity index (χ2n) is 6.98. The highest BCUT2D eigenvalue weighted by Gasteiger charge is 2.09. The normalized spacial score (nSPS) is 10.7. The fourth-order valence-corrected chi connectivity index (χ4v) is 3.07. The Morgan fingerprint density at radius 3 is 2.55 bits per heavy atom. The number of nitrogens with one attached hydrogen (secondary N) is 2. The highest BCUT2D eigenvalue weighted by atomic mass is 16.1. The van der Waals surface area contributed by atoms with Gasteiger partial charge >= 0.3 is 0 Å². The van der Waals surface area contributed by atoms with Gasteiger partial charge in [-0.1, -0.05) is 42.0 Å². The van der Waals surface area contributed by atoms with Crippen molar-refractivity contribution in [3.05, 3.63) is 95.6 Å². The highest BCUT2D eigenvalue weighted by molar-refractivity contribution is 6.07. The van der Waals surface area contributed by atoms with Crippen molar-refractivity contribution in [1.82, 2.24) is 4.98 Å². The molecule has 0 aliphatic rings. The summed E-state index contributed by atoms with van der Waals surface area (Å²) in [5.41, 5.74) is 10.9. The zero-order valence-corrected chi connectivity index (χ0v) is 16.1. The number of aromatic nitrogens is 1. The first-order valence-electron chi connectivity index (χ1n) is 9.44. The number of nitrogen functional groups attached to an aromatic ring is 1. The number of hydrogen-bond donors (Lipinski definition) is 3. The highest BCUT2D eigenvalue weighted by Crippen LogP contribution is 2.21. The predicted octanol–water partition coefficient (Wildman–Crippen LogP) is 4.99. The number of carbonyl (C=O) groups excluding carboxylic acids is 1. The van der Waals surface area contributed by atoms with Crippen LogP contribution >= 0.6 is 0 Å². The lowest BCUT2D eigenvalue weighted by Gasteiger charge is -2.10. The van der Waals surface area contributed by atoms with E-state index in [2.05, 4.69) is 46.8 Å². The molecular weight excluding hydrogens is 360 g/mol. The molecule has 4 N–H and O–H groups in total. The molecule has 5 heteroatoms. The zero-order chi connectivity index (χ0) is 20.2. The quantitative estimate of drug-likeness (QED) is 0.425. The molecule has 1 aromatic heterocycles. The first kappa shape index (κ1) is 18.5. The molecule has 0 spiro atoms. The van der Waals surface area contributed by atoms with Crippen LogP contribution in [0.5, 0.6) is 0 Å². The molecule has 3 aromatic carbocycles. The summed E-state index contributed by atoms with van der Waals surface area (Å²) in [6.07, 6.45) is 0. The van der Waals surface area contributed by atoms with Gasteiger partial charge < -0.3 is 16.4 Å². The van der Waals surface area contributed by atoms with Crippen molar-refractivity contribution in [3.8, 4) is 0 Å². The molecule has 0 atom stereocenters. The summed E-state index contributed by atoms with van der Waals surface area (Å²) in [7, 11) is 0. The molecule has 29 heavy (non-hydrogen) atoms. The standard InChI is InChI=1S/C24H22N4O/c1-16-6-8-17(9-7-16)15-26-23-13-11-18-14-19(10-12-21(18)27-23)24(29)28-22-5-3-2-4-20(22)25/h2-14H,15,25H2,1H3,(H,26,27)(H,28,29). The lowest BCUT2D eigenvalue weighted by atomic mass is 10.1. The lowest BCUT2D eigenvalue weighted by Crippen LogP contribution is -2.13. The number of nitrogens with zero attached hydrogens (tertiary/aromatic N) is 1. The molecule has 0 radical (unpaired) electrons. The number of fused-ring (bicyclic) bond motifs is 1. The maximum Gasteiger partial charge on any atom is 0.255 e. The molecule has 1 amide bonds. The Labute approximate surface area is 169 Å². The maximum absolute atomic E-state index is 12.6. The number of para-hydroxylation sites is 2. The van der Waals surface area contributed by atoms with Gasteiger partial charge in [0.15, 0.2) is 0 Å². The van der Waals surface area contributed by atoms with Crippen LogP contribution in [0.1, 0.15) is 21.5 Å². The number of anilines is 3. The molecule has 144 valence electrons. The van der Waals surface area contributed by atoms with Gasteiger partial charge in [-0.2, -0.15) is 0 Å². The molecule has 0 bridgehead atoms. The molecule has 0 aliphatic heterocycles. The third-order valence-corrected chi connectivity index (χ3v) is 4.75. The molecule has 4 aromatic rings. The Kier molecular flexibility index (Phi) is 5.12. The van der Waals surface area contributed by atoms with Crippen molar-refractivity contribution in [3.63, 3.8) is 0 Å². The van der Waals surface area contributed by atoms with Gasteiger partial charge in [0.05, 0.1) is 16.9 Å². The smallest absolute Gasteiger partial charge is 0.255 e. The minimum absolute atomic E-state index is 0.202. The number of rotatable bonds is 5. The van der Waals surface area contributed by atoms with Gasteiger partial charge in [0, 0.05) is 17.5 Å². The van der Waals surface area contributed by atoms with E-state index in [0.717, 1.165) is 16.7 Å². The minimum Gasteiger partial charge on any atom is -0.397 e. The van der Waals surface area contributed by atoms with Gasteiger partial charge in [0.2, 0.25) is 0 Å². The molecule has 0 unspecified atom stereocenters. The maximum atomic E-state index is 12.6. The fraction of sp³-hybridized carbons (Fsp3) is 0.0833. The van der Waals surface area contributed by atoms with E-state index in [9.17, 15) is 4.79 Å². The number of hydrogen-bond acceptors (Lipinski definition) is 4. The predicted molar refractivity (Wildman–Crippen MR) is 119 cm³/mol. The van der Waals surface area contributed by atoms with Crippen LogP contribution in [0, 0.1) is 6.92 Å². The zero-order valence-electron chi connectivity index (χ0n) is 16.1. The van der Waals surface area contributed by atoms with Crippen LogP contribution in [0.4, 0.5) is 17.2 Å². The second kappa shape index (κ2) is 8.02. The molecule has 0 saturated heterocycles. The second-order valence-corrected chi connectivity index (χ2v) is 6.98. The van der Waals surface area contributed by atoms with Crippen molar-refractivity contribution in [1.29, 1.82) is 0 Å². The van der Waals surface area contributed by atoms with Crippen LogP contribution in [0.3, 0.4) is 0 Å². The van der Waals surface area contributed by atoms with Crippen LogP contribution in [0.2, 0.25) is 0 Å². The van der Waals surface area contributed by atoms with Gasteiger partial charge in [0.1, 0.15) is 5.82 Å². The number of amides is 1. The van der Waals surface area contributed by atoms with Crippen molar-refractivity contribution >= 4 is 34.0 Å². The molecule has 0 saturated carbocycles. The van der Waals surface area contributed by atoms with E-state index in [-0.39, 0.29) is 5.91 Å². The summed E-state index contributed by atoms with van der Waals surface area (Å²) in [4.78, 5) is 17.2. The Bertz CT molecular complexity index is 1170. The Morgan fingerprint density at radius 1 is 0.966 bits per heavy atom. The minimum atomic E-state index is -0.202. The molecule has 1 heterocycles. The SMILES string of the molecule is Cc1ccc(CNc2ccc3cc(C(=O)Nc4ccccc4N)ccc3n2)cc1. The number of benzene rings is 3. The van der Waals surface area contributed by atoms with E-state index in [0.29, 0.717) is 23.5 Å². The molecule has 5 nitrogen and oxygen atoms in total. The van der Waals surface area contributed by atoms with Gasteiger partial charge in [0.25, 0.3) is 5.91 Å². The number of aryl methyl sites for hydroxylation is 1. The van der Waals surface area contributed by atoms with Gasteiger partial charge in [-0.05, 0) is 55.0 Å². The first-order chi connectivity index (χ1) is 14.1. The Balaban J connectivity index is 1.48. The van der Waals surface area contributed by atoms with Crippen LogP contribution in [0.25, 0.3) is 10.9 Å². The molecule has 4 rings (SSSR count). The van der Waals surface area contributed by atoms with Crippen LogP contribution in [0.15, 0.2) is 78.9 Å². The average Bonchev–Trinajstić information content (AvgIpc) is 2.74.